The molecule has 3 aromatic carbocycles. The molecule has 0 aliphatic carbocycles. The summed E-state index contributed by atoms with van der Waals surface area (Å²) < 4.78 is 21.9. The summed E-state index contributed by atoms with van der Waals surface area (Å²) >= 11 is 0. The largest absolute Gasteiger partial charge is 0.477 e. The summed E-state index contributed by atoms with van der Waals surface area (Å²) in [5, 5.41) is 11.7. The van der Waals surface area contributed by atoms with Crippen LogP contribution in [-0.2, 0) is 6.54 Å². The monoisotopic (exact) mass is 438 g/mol. The van der Waals surface area contributed by atoms with E-state index in [9.17, 15) is 14.3 Å². The average Bonchev–Trinajstić information content (AvgIpc) is 3.19. The Hall–Kier alpha value is -4.77. The number of nitrogens with zero attached hydrogens (tertiary/aromatic N) is 4. The van der Waals surface area contributed by atoms with Gasteiger partial charge in [-0.05, 0) is 52.7 Å². The Morgan fingerprint density at radius 2 is 1.85 bits per heavy atom. The summed E-state index contributed by atoms with van der Waals surface area (Å²) in [6.07, 6.45) is 3.14. The van der Waals surface area contributed by atoms with Crippen molar-refractivity contribution >= 4 is 33.3 Å². The van der Waals surface area contributed by atoms with Gasteiger partial charge in [-0.1, -0.05) is 24.3 Å². The van der Waals surface area contributed by atoms with E-state index in [1.165, 1.54) is 16.7 Å². The first kappa shape index (κ1) is 20.2. The molecule has 2 heterocycles. The van der Waals surface area contributed by atoms with Gasteiger partial charge < -0.3 is 14.4 Å². The van der Waals surface area contributed by atoms with Crippen LogP contribution in [0.4, 0.5) is 10.1 Å². The maximum absolute atomic E-state index is 14.6. The van der Waals surface area contributed by atoms with Crippen LogP contribution in [0.5, 0.6) is 11.8 Å². The van der Waals surface area contributed by atoms with E-state index in [0.717, 1.165) is 22.4 Å². The van der Waals surface area contributed by atoms with Crippen LogP contribution >= 0.6 is 0 Å². The Kier molecular flexibility index (Phi) is 4.92. The Morgan fingerprint density at radius 1 is 1.06 bits per heavy atom. The van der Waals surface area contributed by atoms with E-state index in [0.29, 0.717) is 11.3 Å². The van der Waals surface area contributed by atoms with Gasteiger partial charge in [0.25, 0.3) is 0 Å². The molecule has 33 heavy (non-hydrogen) atoms. The van der Waals surface area contributed by atoms with Crippen molar-refractivity contribution in [3.05, 3.63) is 102 Å². The number of carboxylic acid groups (broad SMARTS) is 1. The molecule has 0 saturated carbocycles. The van der Waals surface area contributed by atoms with Crippen molar-refractivity contribution in [2.45, 2.75) is 6.54 Å². The number of benzene rings is 3. The van der Waals surface area contributed by atoms with Crippen LogP contribution < -0.4 is 4.74 Å². The number of halogens is 1. The number of aromatic nitrogens is 3. The van der Waals surface area contributed by atoms with Crippen LogP contribution in [0, 0.1) is 12.4 Å². The molecule has 160 valence electrons. The summed E-state index contributed by atoms with van der Waals surface area (Å²) in [6.45, 7) is 7.37. The quantitative estimate of drug-likeness (QED) is 0.350. The van der Waals surface area contributed by atoms with Crippen LogP contribution in [0.3, 0.4) is 0 Å². The molecule has 0 radical (unpaired) electrons. The van der Waals surface area contributed by atoms with Crippen molar-refractivity contribution in [3.63, 3.8) is 0 Å². The van der Waals surface area contributed by atoms with Crippen LogP contribution in [0.25, 0.3) is 26.5 Å². The van der Waals surface area contributed by atoms with Gasteiger partial charge in [-0.2, -0.15) is 0 Å². The minimum absolute atomic E-state index is 0.0761. The van der Waals surface area contributed by atoms with Crippen molar-refractivity contribution in [1.82, 2.24) is 14.5 Å². The summed E-state index contributed by atoms with van der Waals surface area (Å²) in [6, 6.07) is 17.0. The third kappa shape index (κ3) is 3.72. The van der Waals surface area contributed by atoms with Crippen LogP contribution in [0.2, 0.25) is 0 Å². The van der Waals surface area contributed by atoms with E-state index < -0.39 is 11.8 Å². The molecular formula is C25H15FN4O3. The lowest BCUT2D eigenvalue weighted by atomic mass is 10.0. The van der Waals surface area contributed by atoms with E-state index in [-0.39, 0.29) is 29.3 Å². The topological polar surface area (TPSA) is 81.6 Å². The maximum Gasteiger partial charge on any atom is 0.352 e. The molecule has 1 N–H and O–H groups in total. The zero-order valence-electron chi connectivity index (χ0n) is 17.1. The smallest absolute Gasteiger partial charge is 0.352 e. The molecule has 2 aromatic heterocycles. The first-order chi connectivity index (χ1) is 16.0. The number of aromatic carboxylic acids is 1. The first-order valence-electron chi connectivity index (χ1n) is 9.93. The van der Waals surface area contributed by atoms with Crippen molar-refractivity contribution < 1.29 is 19.0 Å². The molecule has 8 heteroatoms. The highest BCUT2D eigenvalue weighted by molar-refractivity contribution is 5.96. The summed E-state index contributed by atoms with van der Waals surface area (Å²) in [7, 11) is 0. The van der Waals surface area contributed by atoms with Crippen molar-refractivity contribution in [2.75, 3.05) is 0 Å². The molecule has 0 bridgehead atoms. The van der Waals surface area contributed by atoms with Crippen molar-refractivity contribution in [2.24, 2.45) is 0 Å². The molecule has 0 unspecified atom stereocenters. The fourth-order valence-corrected chi connectivity index (χ4v) is 3.88. The van der Waals surface area contributed by atoms with E-state index >= 15 is 0 Å². The number of carboxylic acids is 1. The second-order valence-electron chi connectivity index (χ2n) is 7.33. The summed E-state index contributed by atoms with van der Waals surface area (Å²) in [5.41, 5.74) is 1.11. The van der Waals surface area contributed by atoms with Crippen LogP contribution in [0.1, 0.15) is 16.1 Å². The molecule has 5 rings (SSSR count). The maximum atomic E-state index is 14.6. The van der Waals surface area contributed by atoms with Gasteiger partial charge in [0.05, 0.1) is 6.57 Å². The predicted octanol–water partition coefficient (Wildman–Crippen LogP) is 5.81. The minimum Gasteiger partial charge on any atom is -0.477 e. The second-order valence-corrected chi connectivity index (χ2v) is 7.33. The summed E-state index contributed by atoms with van der Waals surface area (Å²) in [5.74, 6) is -1.34. The molecular weight excluding hydrogens is 423 g/mol. The highest BCUT2D eigenvalue weighted by Crippen LogP contribution is 2.32. The van der Waals surface area contributed by atoms with E-state index in [2.05, 4.69) is 14.8 Å². The lowest BCUT2D eigenvalue weighted by Gasteiger charge is -2.14. The Balaban J connectivity index is 1.69. The molecule has 0 saturated heterocycles. The Labute approximate surface area is 187 Å². The molecule has 7 nitrogen and oxygen atoms in total. The molecule has 0 amide bonds. The fourth-order valence-electron chi connectivity index (χ4n) is 3.88. The molecule has 0 atom stereocenters. The predicted molar refractivity (Wildman–Crippen MR) is 120 cm³/mol. The average molecular weight is 438 g/mol. The number of hydrogen-bond donors (Lipinski definition) is 1. The molecule has 5 aromatic rings. The second kappa shape index (κ2) is 8.05. The molecule has 0 spiro atoms. The zero-order valence-corrected chi connectivity index (χ0v) is 17.1. The van der Waals surface area contributed by atoms with Gasteiger partial charge in [-0.15, -0.1) is 0 Å². The number of carbonyl (C=O) groups is 1. The Morgan fingerprint density at radius 3 is 2.61 bits per heavy atom. The number of hydrogen-bond acceptors (Lipinski definition) is 4. The van der Waals surface area contributed by atoms with Crippen molar-refractivity contribution in [1.29, 1.82) is 0 Å². The van der Waals surface area contributed by atoms with E-state index in [1.54, 1.807) is 24.5 Å². The number of ether oxygens (including phenoxy) is 1. The van der Waals surface area contributed by atoms with E-state index in [4.69, 9.17) is 11.3 Å². The Bertz CT molecular complexity index is 1570. The molecule has 0 aliphatic rings. The lowest BCUT2D eigenvalue weighted by molar-refractivity contribution is 0.0686. The van der Waals surface area contributed by atoms with Gasteiger partial charge in [0, 0.05) is 29.8 Å². The normalized spacial score (nSPS) is 10.9. The first-order valence-corrected chi connectivity index (χ1v) is 9.93. The number of rotatable bonds is 5. The summed E-state index contributed by atoms with van der Waals surface area (Å²) in [4.78, 5) is 23.4. The van der Waals surface area contributed by atoms with Crippen molar-refractivity contribution in [3.8, 4) is 11.8 Å². The third-order valence-corrected chi connectivity index (χ3v) is 5.30. The SMILES string of the molecule is [C-]#[N+]c1cc(F)c2cc(C(=O)O)n(Cc3cc(Oc4ncccn4)cc4ccccc34)c2c1. The molecule has 0 fully saturated rings. The van der Waals surface area contributed by atoms with Gasteiger partial charge in [0.15, 0.2) is 5.69 Å². The lowest BCUT2D eigenvalue weighted by Crippen LogP contribution is -2.09. The van der Waals surface area contributed by atoms with Gasteiger partial charge in [0.2, 0.25) is 0 Å². The minimum atomic E-state index is -1.19. The fraction of sp³-hybridized carbons (Fsp3) is 0.0400. The van der Waals surface area contributed by atoms with Gasteiger partial charge in [0.1, 0.15) is 17.3 Å². The number of fused-ring (bicyclic) bond motifs is 2. The standard InChI is InChI=1S/C25H15FN4O3/c1-27-17-11-21(26)20-13-23(24(31)32)30(22(20)12-17)14-16-10-18(33-25-28-7-4-8-29-25)9-15-5-2-3-6-19(15)16/h2-13H,14H2,(H,31,32). The highest BCUT2D eigenvalue weighted by Gasteiger charge is 2.19. The van der Waals surface area contributed by atoms with Crippen LogP contribution in [-0.4, -0.2) is 25.6 Å². The van der Waals surface area contributed by atoms with E-state index in [1.807, 2.05) is 30.3 Å². The zero-order chi connectivity index (χ0) is 22.9. The van der Waals surface area contributed by atoms with Gasteiger partial charge in [-0.25, -0.2) is 24.0 Å². The van der Waals surface area contributed by atoms with Gasteiger partial charge in [-0.3, -0.25) is 0 Å². The highest BCUT2D eigenvalue weighted by atomic mass is 19.1. The molecule has 0 aliphatic heterocycles. The third-order valence-electron chi connectivity index (χ3n) is 5.30. The van der Waals surface area contributed by atoms with Crippen LogP contribution in [0.15, 0.2) is 73.1 Å². The van der Waals surface area contributed by atoms with Gasteiger partial charge >= 0.3 is 12.0 Å².